The molecular weight excluding hydrogens is 204 g/mol. The number of nitrogens with zero attached hydrogens (tertiary/aromatic N) is 2. The molecule has 0 N–H and O–H groups in total. The Morgan fingerprint density at radius 2 is 2.12 bits per heavy atom. The number of carbonyl (C=O) groups excluding carboxylic acids is 1. The van der Waals surface area contributed by atoms with E-state index in [1.807, 2.05) is 54.6 Å². The summed E-state index contributed by atoms with van der Waals surface area (Å²) in [5, 5.41) is 0.922. The largest absolute Gasteiger partial charge is 0.458 e. The lowest BCUT2D eigenvalue weighted by molar-refractivity contribution is -0.750. The molecule has 1 heterocycles. The Morgan fingerprint density at radius 1 is 1.44 bits per heavy atom. The second kappa shape index (κ2) is 3.96. The first-order valence-corrected chi connectivity index (χ1v) is 5.27. The van der Waals surface area contributed by atoms with Gasteiger partial charge >= 0.3 is 11.7 Å². The maximum Gasteiger partial charge on any atom is 0.406 e. The van der Waals surface area contributed by atoms with Crippen LogP contribution >= 0.6 is 0 Å². The highest BCUT2D eigenvalue weighted by molar-refractivity contribution is 6.00. The van der Waals surface area contributed by atoms with Crippen LogP contribution in [0.15, 0.2) is 24.3 Å². The Kier molecular flexibility index (Phi) is 2.64. The Balaban J connectivity index is 2.68. The van der Waals surface area contributed by atoms with Gasteiger partial charge in [0, 0.05) is 0 Å². The summed E-state index contributed by atoms with van der Waals surface area (Å²) in [4.78, 5) is 11.8. The SMILES string of the molecule is CCOC(=O)c1c2ccccc2n(C)[n+]1C. The van der Waals surface area contributed by atoms with E-state index in [1.54, 1.807) is 0 Å². The lowest BCUT2D eigenvalue weighted by atomic mass is 10.2. The number of ether oxygens (including phenoxy) is 1. The Labute approximate surface area is 94.0 Å². The van der Waals surface area contributed by atoms with Gasteiger partial charge in [-0.1, -0.05) is 12.1 Å². The van der Waals surface area contributed by atoms with E-state index in [0.29, 0.717) is 12.3 Å². The molecule has 0 radical (unpaired) electrons. The van der Waals surface area contributed by atoms with Crippen LogP contribution in [0.25, 0.3) is 10.9 Å². The molecule has 0 atom stereocenters. The van der Waals surface area contributed by atoms with Crippen LogP contribution in [0.3, 0.4) is 0 Å². The second-order valence-corrected chi connectivity index (χ2v) is 3.63. The van der Waals surface area contributed by atoms with Crippen LogP contribution in [-0.2, 0) is 18.8 Å². The summed E-state index contributed by atoms with van der Waals surface area (Å²) in [7, 11) is 3.78. The number of fused-ring (bicyclic) bond motifs is 1. The van der Waals surface area contributed by atoms with Crippen LogP contribution < -0.4 is 4.68 Å². The van der Waals surface area contributed by atoms with Crippen LogP contribution in [0.2, 0.25) is 0 Å². The highest BCUT2D eigenvalue weighted by atomic mass is 16.5. The molecular formula is C12H15N2O2+. The van der Waals surface area contributed by atoms with Gasteiger partial charge in [-0.3, -0.25) is 0 Å². The molecule has 0 fully saturated rings. The Hall–Kier alpha value is -1.84. The van der Waals surface area contributed by atoms with E-state index >= 15 is 0 Å². The average Bonchev–Trinajstić information content (AvgIpc) is 2.53. The third kappa shape index (κ3) is 1.46. The summed E-state index contributed by atoms with van der Waals surface area (Å²) in [6, 6.07) is 7.79. The zero-order chi connectivity index (χ0) is 11.7. The zero-order valence-corrected chi connectivity index (χ0v) is 9.73. The molecule has 0 saturated heterocycles. The van der Waals surface area contributed by atoms with Crippen molar-refractivity contribution < 1.29 is 14.2 Å². The zero-order valence-electron chi connectivity index (χ0n) is 9.73. The van der Waals surface area contributed by atoms with Gasteiger partial charge in [0.05, 0.1) is 19.0 Å². The molecule has 2 aromatic rings. The monoisotopic (exact) mass is 219 g/mol. The van der Waals surface area contributed by atoms with E-state index < -0.39 is 0 Å². The molecule has 0 aliphatic carbocycles. The van der Waals surface area contributed by atoms with Crippen molar-refractivity contribution in [2.24, 2.45) is 14.1 Å². The minimum Gasteiger partial charge on any atom is -0.458 e. The van der Waals surface area contributed by atoms with Crippen LogP contribution in [0, 0.1) is 0 Å². The lowest BCUT2D eigenvalue weighted by Crippen LogP contribution is -2.42. The maximum absolute atomic E-state index is 11.8. The number of carbonyl (C=O) groups is 1. The smallest absolute Gasteiger partial charge is 0.406 e. The van der Waals surface area contributed by atoms with Crippen molar-refractivity contribution in [1.29, 1.82) is 0 Å². The van der Waals surface area contributed by atoms with Gasteiger partial charge in [0.15, 0.2) is 7.05 Å². The van der Waals surface area contributed by atoms with Gasteiger partial charge in [-0.2, -0.15) is 4.68 Å². The van der Waals surface area contributed by atoms with E-state index in [1.165, 1.54) is 0 Å². The molecule has 4 nitrogen and oxygen atoms in total. The highest BCUT2D eigenvalue weighted by Gasteiger charge is 2.27. The fraction of sp³-hybridized carbons (Fsp3) is 0.333. The maximum atomic E-state index is 11.8. The molecule has 0 aliphatic rings. The summed E-state index contributed by atoms with van der Waals surface area (Å²) in [5.41, 5.74) is 1.62. The fourth-order valence-electron chi connectivity index (χ4n) is 1.88. The van der Waals surface area contributed by atoms with Gasteiger partial charge in [-0.15, -0.1) is 4.68 Å². The van der Waals surface area contributed by atoms with Crippen molar-refractivity contribution in [3.63, 3.8) is 0 Å². The predicted molar refractivity (Wildman–Crippen MR) is 60.1 cm³/mol. The number of hydrogen-bond acceptors (Lipinski definition) is 2. The number of hydrogen-bond donors (Lipinski definition) is 0. The van der Waals surface area contributed by atoms with Crippen molar-refractivity contribution in [2.45, 2.75) is 6.92 Å². The molecule has 1 aromatic heterocycles. The minimum absolute atomic E-state index is 0.276. The van der Waals surface area contributed by atoms with E-state index in [9.17, 15) is 4.79 Å². The first-order valence-electron chi connectivity index (χ1n) is 5.27. The molecule has 1 aromatic carbocycles. The van der Waals surface area contributed by atoms with Crippen LogP contribution in [0.5, 0.6) is 0 Å². The van der Waals surface area contributed by atoms with Crippen LogP contribution in [0.1, 0.15) is 17.4 Å². The fourth-order valence-corrected chi connectivity index (χ4v) is 1.88. The van der Waals surface area contributed by atoms with Gasteiger partial charge in [0.2, 0.25) is 0 Å². The third-order valence-electron chi connectivity index (χ3n) is 2.75. The van der Waals surface area contributed by atoms with E-state index in [-0.39, 0.29) is 5.97 Å². The first kappa shape index (κ1) is 10.7. The number of esters is 1. The summed E-state index contributed by atoms with van der Waals surface area (Å²) in [6.07, 6.45) is 0. The first-order chi connectivity index (χ1) is 7.66. The number of aryl methyl sites for hydroxylation is 1. The molecule has 0 bridgehead atoms. The standard InChI is InChI=1S/C12H15N2O2/c1-4-16-12(15)11-9-7-5-6-8-10(9)13(2)14(11)3/h5-8H,4H2,1-3H3/q+1. The highest BCUT2D eigenvalue weighted by Crippen LogP contribution is 2.16. The molecule has 0 spiro atoms. The van der Waals surface area contributed by atoms with Gasteiger partial charge in [-0.05, 0) is 19.1 Å². The third-order valence-corrected chi connectivity index (χ3v) is 2.75. The topological polar surface area (TPSA) is 35.1 Å². The van der Waals surface area contributed by atoms with E-state index in [4.69, 9.17) is 4.74 Å². The molecule has 2 rings (SSSR count). The number of aromatic nitrogens is 2. The summed E-state index contributed by atoms with van der Waals surface area (Å²) >= 11 is 0. The van der Waals surface area contributed by atoms with Crippen molar-refractivity contribution in [2.75, 3.05) is 6.61 Å². The Bertz CT molecular complexity index is 543. The summed E-state index contributed by atoms with van der Waals surface area (Å²) in [6.45, 7) is 2.20. The second-order valence-electron chi connectivity index (χ2n) is 3.63. The molecule has 84 valence electrons. The summed E-state index contributed by atoms with van der Waals surface area (Å²) in [5.74, 6) is -0.276. The molecule has 0 aliphatic heterocycles. The van der Waals surface area contributed by atoms with Gasteiger partial charge in [-0.25, -0.2) is 4.79 Å². The van der Waals surface area contributed by atoms with Crippen LogP contribution in [0.4, 0.5) is 0 Å². The normalized spacial score (nSPS) is 10.7. The summed E-state index contributed by atoms with van der Waals surface area (Å²) < 4.78 is 8.80. The predicted octanol–water partition coefficient (Wildman–Crippen LogP) is 1.18. The van der Waals surface area contributed by atoms with Crippen molar-refractivity contribution >= 4 is 16.9 Å². The average molecular weight is 219 g/mol. The molecule has 4 heteroatoms. The number of benzene rings is 1. The molecule has 0 saturated carbocycles. The van der Waals surface area contributed by atoms with Crippen molar-refractivity contribution in [1.82, 2.24) is 4.68 Å². The number of rotatable bonds is 2. The van der Waals surface area contributed by atoms with E-state index in [2.05, 4.69) is 0 Å². The lowest BCUT2D eigenvalue weighted by Gasteiger charge is -1.96. The van der Waals surface area contributed by atoms with Crippen LogP contribution in [-0.4, -0.2) is 17.3 Å². The van der Waals surface area contributed by atoms with E-state index in [0.717, 1.165) is 10.9 Å². The van der Waals surface area contributed by atoms with Crippen molar-refractivity contribution in [3.8, 4) is 0 Å². The van der Waals surface area contributed by atoms with Gasteiger partial charge < -0.3 is 4.74 Å². The number of para-hydroxylation sites is 1. The molecule has 0 amide bonds. The van der Waals surface area contributed by atoms with Gasteiger partial charge in [0.25, 0.3) is 0 Å². The minimum atomic E-state index is -0.276. The van der Waals surface area contributed by atoms with Crippen molar-refractivity contribution in [3.05, 3.63) is 30.0 Å². The Morgan fingerprint density at radius 3 is 2.81 bits per heavy atom. The quantitative estimate of drug-likeness (QED) is 0.561. The van der Waals surface area contributed by atoms with Gasteiger partial charge in [0.1, 0.15) is 5.52 Å². The molecule has 16 heavy (non-hydrogen) atoms. The molecule has 0 unspecified atom stereocenters.